The number of aromatic nitrogens is 2. The van der Waals surface area contributed by atoms with E-state index in [2.05, 4.69) is 15.3 Å². The first-order valence-corrected chi connectivity index (χ1v) is 4.77. The van der Waals surface area contributed by atoms with Crippen molar-refractivity contribution in [3.63, 3.8) is 0 Å². The minimum Gasteiger partial charge on any atom is -0.380 e. The van der Waals surface area contributed by atoms with Crippen LogP contribution in [-0.2, 0) is 4.74 Å². The van der Waals surface area contributed by atoms with E-state index in [-0.39, 0.29) is 12.1 Å². The number of hydrogen-bond acceptors (Lipinski definition) is 4. The molecule has 1 rings (SSSR count). The molecule has 0 bridgehead atoms. The van der Waals surface area contributed by atoms with Gasteiger partial charge < -0.3 is 10.1 Å². The maximum absolute atomic E-state index is 5.89. The highest BCUT2D eigenvalue weighted by Crippen LogP contribution is 2.17. The third-order valence-corrected chi connectivity index (χ3v) is 2.38. The van der Waals surface area contributed by atoms with Gasteiger partial charge in [-0.15, -0.1) is 0 Å². The number of nitrogens with one attached hydrogen (secondary N) is 1. The number of methoxy groups -OCH3 is 1. The average Bonchev–Trinajstić information content (AvgIpc) is 2.20. The second-order valence-electron chi connectivity index (χ2n) is 3.09. The van der Waals surface area contributed by atoms with Crippen LogP contribution in [0.3, 0.4) is 0 Å². The molecule has 0 aliphatic rings. The lowest BCUT2D eigenvalue weighted by atomic mass is 10.2. The first-order chi connectivity index (χ1) is 6.65. The maximum Gasteiger partial charge on any atom is 0.148 e. The molecular weight excluding hydrogens is 202 g/mol. The molecular formula is C9H14ClN3O. The van der Waals surface area contributed by atoms with Gasteiger partial charge in [0.2, 0.25) is 0 Å². The Kier molecular flexibility index (Phi) is 4.10. The largest absolute Gasteiger partial charge is 0.380 e. The van der Waals surface area contributed by atoms with Crippen LogP contribution in [0.25, 0.3) is 0 Å². The van der Waals surface area contributed by atoms with Crippen LogP contribution in [0.15, 0.2) is 12.5 Å². The fourth-order valence-electron chi connectivity index (χ4n) is 0.956. The quantitative estimate of drug-likeness (QED) is 0.834. The van der Waals surface area contributed by atoms with Crippen molar-refractivity contribution < 1.29 is 4.74 Å². The SMILES string of the molecule is COC(C)[C@H](C)Nc1ncncc1Cl. The van der Waals surface area contributed by atoms with Crippen LogP contribution in [0.4, 0.5) is 5.82 Å². The van der Waals surface area contributed by atoms with Crippen LogP contribution in [0.1, 0.15) is 13.8 Å². The van der Waals surface area contributed by atoms with Gasteiger partial charge in [0.05, 0.1) is 18.3 Å². The minimum absolute atomic E-state index is 0.0982. The molecule has 78 valence electrons. The first-order valence-electron chi connectivity index (χ1n) is 4.40. The van der Waals surface area contributed by atoms with Gasteiger partial charge in [0.15, 0.2) is 0 Å². The Morgan fingerprint density at radius 1 is 1.50 bits per heavy atom. The highest BCUT2D eigenvalue weighted by Gasteiger charge is 2.12. The topological polar surface area (TPSA) is 47.0 Å². The van der Waals surface area contributed by atoms with E-state index in [1.165, 1.54) is 6.33 Å². The minimum atomic E-state index is 0.0982. The van der Waals surface area contributed by atoms with Gasteiger partial charge in [-0.05, 0) is 13.8 Å². The summed E-state index contributed by atoms with van der Waals surface area (Å²) >= 11 is 5.89. The molecule has 0 amide bonds. The van der Waals surface area contributed by atoms with Crippen molar-refractivity contribution in [3.05, 3.63) is 17.5 Å². The second kappa shape index (κ2) is 5.12. The standard InChI is InChI=1S/C9H14ClN3O/c1-6(7(2)14-3)13-9-8(10)4-11-5-12-9/h4-7H,1-3H3,(H,11,12,13)/t6-,7?/m0/s1. The predicted molar refractivity (Wildman–Crippen MR) is 56.6 cm³/mol. The zero-order chi connectivity index (χ0) is 10.6. The summed E-state index contributed by atoms with van der Waals surface area (Å²) in [6, 6.07) is 0.146. The van der Waals surface area contributed by atoms with Crippen molar-refractivity contribution in [1.29, 1.82) is 0 Å². The van der Waals surface area contributed by atoms with E-state index in [0.29, 0.717) is 10.8 Å². The Morgan fingerprint density at radius 2 is 2.21 bits per heavy atom. The summed E-state index contributed by atoms with van der Waals surface area (Å²) in [6.07, 6.45) is 3.11. The normalized spacial score (nSPS) is 14.9. The molecule has 0 saturated heterocycles. The molecule has 0 fully saturated rings. The smallest absolute Gasteiger partial charge is 0.148 e. The van der Waals surface area contributed by atoms with Crippen LogP contribution in [-0.4, -0.2) is 29.2 Å². The van der Waals surface area contributed by atoms with E-state index < -0.39 is 0 Å². The van der Waals surface area contributed by atoms with Gasteiger partial charge in [-0.2, -0.15) is 0 Å². The molecule has 0 aromatic carbocycles. The van der Waals surface area contributed by atoms with E-state index >= 15 is 0 Å². The van der Waals surface area contributed by atoms with E-state index in [0.717, 1.165) is 0 Å². The summed E-state index contributed by atoms with van der Waals surface area (Å²) in [5.74, 6) is 0.637. The summed E-state index contributed by atoms with van der Waals surface area (Å²) in [5, 5.41) is 3.67. The fourth-order valence-corrected chi connectivity index (χ4v) is 1.12. The summed E-state index contributed by atoms with van der Waals surface area (Å²) < 4.78 is 5.18. The van der Waals surface area contributed by atoms with Crippen LogP contribution >= 0.6 is 11.6 Å². The Balaban J connectivity index is 2.64. The lowest BCUT2D eigenvalue weighted by Gasteiger charge is -2.20. The molecule has 0 aliphatic heterocycles. The molecule has 1 heterocycles. The van der Waals surface area contributed by atoms with Crippen molar-refractivity contribution in [3.8, 4) is 0 Å². The molecule has 5 heteroatoms. The fraction of sp³-hybridized carbons (Fsp3) is 0.556. The van der Waals surface area contributed by atoms with Gasteiger partial charge in [-0.3, -0.25) is 0 Å². The molecule has 0 radical (unpaired) electrons. The van der Waals surface area contributed by atoms with Gasteiger partial charge >= 0.3 is 0 Å². The Labute approximate surface area is 88.7 Å². The zero-order valence-electron chi connectivity index (χ0n) is 8.49. The Hall–Kier alpha value is -0.870. The van der Waals surface area contributed by atoms with Gasteiger partial charge in [0, 0.05) is 7.11 Å². The van der Waals surface area contributed by atoms with Crippen molar-refractivity contribution >= 4 is 17.4 Å². The molecule has 1 N–H and O–H groups in total. The summed E-state index contributed by atoms with van der Waals surface area (Å²) in [5.41, 5.74) is 0. The number of halogens is 1. The Bertz CT molecular complexity index is 295. The van der Waals surface area contributed by atoms with Gasteiger partial charge in [-0.25, -0.2) is 9.97 Å². The third kappa shape index (κ3) is 2.82. The highest BCUT2D eigenvalue weighted by atomic mass is 35.5. The van der Waals surface area contributed by atoms with Gasteiger partial charge in [-0.1, -0.05) is 11.6 Å². The molecule has 1 aromatic heterocycles. The van der Waals surface area contributed by atoms with Crippen molar-refractivity contribution in [2.45, 2.75) is 26.0 Å². The zero-order valence-corrected chi connectivity index (χ0v) is 9.25. The summed E-state index contributed by atoms with van der Waals surface area (Å²) in [7, 11) is 1.67. The van der Waals surface area contributed by atoms with Gasteiger partial charge in [0.1, 0.15) is 17.2 Å². The van der Waals surface area contributed by atoms with E-state index in [9.17, 15) is 0 Å². The van der Waals surface area contributed by atoms with Crippen molar-refractivity contribution in [2.24, 2.45) is 0 Å². The molecule has 0 aliphatic carbocycles. The summed E-state index contributed by atoms with van der Waals surface area (Å²) in [6.45, 7) is 3.99. The number of nitrogens with zero attached hydrogens (tertiary/aromatic N) is 2. The highest BCUT2D eigenvalue weighted by molar-refractivity contribution is 6.32. The molecule has 2 atom stereocenters. The molecule has 0 saturated carbocycles. The van der Waals surface area contributed by atoms with Gasteiger partial charge in [0.25, 0.3) is 0 Å². The van der Waals surface area contributed by atoms with Crippen LogP contribution in [0.2, 0.25) is 5.02 Å². The number of ether oxygens (including phenoxy) is 1. The first kappa shape index (κ1) is 11.2. The molecule has 0 spiro atoms. The number of rotatable bonds is 4. The molecule has 14 heavy (non-hydrogen) atoms. The van der Waals surface area contributed by atoms with Crippen LogP contribution in [0.5, 0.6) is 0 Å². The lowest BCUT2D eigenvalue weighted by molar-refractivity contribution is 0.106. The van der Waals surface area contributed by atoms with Crippen LogP contribution in [0, 0.1) is 0 Å². The average molecular weight is 216 g/mol. The van der Waals surface area contributed by atoms with E-state index in [4.69, 9.17) is 16.3 Å². The molecule has 1 unspecified atom stereocenters. The number of hydrogen-bond donors (Lipinski definition) is 1. The van der Waals surface area contributed by atoms with Crippen molar-refractivity contribution in [2.75, 3.05) is 12.4 Å². The van der Waals surface area contributed by atoms with Crippen LogP contribution < -0.4 is 5.32 Å². The summed E-state index contributed by atoms with van der Waals surface area (Å²) in [4.78, 5) is 7.83. The monoisotopic (exact) mass is 215 g/mol. The Morgan fingerprint density at radius 3 is 2.79 bits per heavy atom. The molecule has 1 aromatic rings. The molecule has 4 nitrogen and oxygen atoms in total. The predicted octanol–water partition coefficient (Wildman–Crippen LogP) is 1.97. The second-order valence-corrected chi connectivity index (χ2v) is 3.50. The lowest BCUT2D eigenvalue weighted by Crippen LogP contribution is -2.30. The van der Waals surface area contributed by atoms with E-state index in [1.807, 2.05) is 13.8 Å². The van der Waals surface area contributed by atoms with Crippen molar-refractivity contribution in [1.82, 2.24) is 9.97 Å². The third-order valence-electron chi connectivity index (χ3n) is 2.11. The van der Waals surface area contributed by atoms with E-state index in [1.54, 1.807) is 13.3 Å². The number of anilines is 1. The maximum atomic E-state index is 5.89.